The van der Waals surface area contributed by atoms with Gasteiger partial charge in [-0.25, -0.2) is 0 Å². The Bertz CT molecular complexity index is 530. The normalized spacial score (nSPS) is 11.2. The second-order valence-corrected chi connectivity index (χ2v) is 4.90. The molecule has 0 bridgehead atoms. The molecule has 0 radical (unpaired) electrons. The Hall–Kier alpha value is -1.59. The standard InChI is InChI=1S/C15H24N4O/c1-4-13-10-15(18(2)17-13)12-19-8-5-6-14(19)11-16-7-9-20-3/h5-6,8,10,16H,4,7,9,11-12H2,1-3H3. The van der Waals surface area contributed by atoms with Gasteiger partial charge in [-0.2, -0.15) is 5.10 Å². The van der Waals surface area contributed by atoms with Crippen LogP contribution in [0.2, 0.25) is 0 Å². The molecule has 5 nitrogen and oxygen atoms in total. The number of hydrogen-bond acceptors (Lipinski definition) is 3. The molecule has 2 aromatic rings. The summed E-state index contributed by atoms with van der Waals surface area (Å²) in [6, 6.07) is 6.42. The van der Waals surface area contributed by atoms with Crippen molar-refractivity contribution in [2.75, 3.05) is 20.3 Å². The molecule has 5 heteroatoms. The highest BCUT2D eigenvalue weighted by atomic mass is 16.5. The van der Waals surface area contributed by atoms with E-state index in [1.165, 1.54) is 11.4 Å². The average molecular weight is 276 g/mol. The first-order valence-electron chi connectivity index (χ1n) is 7.10. The van der Waals surface area contributed by atoms with Gasteiger partial charge in [0.05, 0.1) is 24.5 Å². The summed E-state index contributed by atoms with van der Waals surface area (Å²) in [5.41, 5.74) is 3.66. The number of ether oxygens (including phenoxy) is 1. The minimum absolute atomic E-state index is 0.738. The zero-order valence-corrected chi connectivity index (χ0v) is 12.6. The van der Waals surface area contributed by atoms with Gasteiger partial charge in [-0.1, -0.05) is 6.92 Å². The van der Waals surface area contributed by atoms with Crippen molar-refractivity contribution in [2.45, 2.75) is 26.4 Å². The first kappa shape index (κ1) is 14.8. The maximum atomic E-state index is 5.04. The van der Waals surface area contributed by atoms with Gasteiger partial charge in [-0.15, -0.1) is 0 Å². The van der Waals surface area contributed by atoms with Crippen LogP contribution in [0, 0.1) is 0 Å². The molecule has 0 fully saturated rings. The van der Waals surface area contributed by atoms with Gasteiger partial charge in [0.1, 0.15) is 0 Å². The molecule has 0 aliphatic rings. The van der Waals surface area contributed by atoms with E-state index in [-0.39, 0.29) is 0 Å². The van der Waals surface area contributed by atoms with Crippen LogP contribution in [0.25, 0.3) is 0 Å². The van der Waals surface area contributed by atoms with E-state index in [1.807, 2.05) is 11.7 Å². The van der Waals surface area contributed by atoms with Gasteiger partial charge < -0.3 is 14.6 Å². The van der Waals surface area contributed by atoms with Crippen molar-refractivity contribution in [3.8, 4) is 0 Å². The first-order valence-corrected chi connectivity index (χ1v) is 7.10. The summed E-state index contributed by atoms with van der Waals surface area (Å²) in [5, 5.41) is 7.87. The smallest absolute Gasteiger partial charge is 0.0642 e. The van der Waals surface area contributed by atoms with Crippen LogP contribution in [-0.4, -0.2) is 34.6 Å². The van der Waals surface area contributed by atoms with Gasteiger partial charge in [0.15, 0.2) is 0 Å². The third kappa shape index (κ3) is 3.71. The fraction of sp³-hybridized carbons (Fsp3) is 0.533. The summed E-state index contributed by atoms with van der Waals surface area (Å²) in [4.78, 5) is 0. The summed E-state index contributed by atoms with van der Waals surface area (Å²) in [5.74, 6) is 0. The Balaban J connectivity index is 1.98. The van der Waals surface area contributed by atoms with E-state index < -0.39 is 0 Å². The minimum atomic E-state index is 0.738. The molecule has 0 saturated heterocycles. The Morgan fingerprint density at radius 2 is 2.20 bits per heavy atom. The highest BCUT2D eigenvalue weighted by Crippen LogP contribution is 2.09. The number of nitrogens with one attached hydrogen (secondary N) is 1. The molecule has 20 heavy (non-hydrogen) atoms. The fourth-order valence-electron chi connectivity index (χ4n) is 2.22. The maximum absolute atomic E-state index is 5.04. The summed E-state index contributed by atoms with van der Waals surface area (Å²) >= 11 is 0. The second kappa shape index (κ2) is 7.26. The minimum Gasteiger partial charge on any atom is -0.383 e. The van der Waals surface area contributed by atoms with E-state index in [4.69, 9.17) is 4.74 Å². The van der Waals surface area contributed by atoms with Crippen molar-refractivity contribution in [2.24, 2.45) is 7.05 Å². The van der Waals surface area contributed by atoms with Gasteiger partial charge in [0.2, 0.25) is 0 Å². The van der Waals surface area contributed by atoms with Crippen LogP contribution >= 0.6 is 0 Å². The molecule has 2 heterocycles. The molecule has 0 aromatic carbocycles. The van der Waals surface area contributed by atoms with Crippen LogP contribution in [0.15, 0.2) is 24.4 Å². The van der Waals surface area contributed by atoms with E-state index in [1.54, 1.807) is 7.11 Å². The molecular formula is C15H24N4O. The van der Waals surface area contributed by atoms with Crippen molar-refractivity contribution < 1.29 is 4.74 Å². The summed E-state index contributed by atoms with van der Waals surface area (Å²) in [6.45, 7) is 5.45. The number of aromatic nitrogens is 3. The lowest BCUT2D eigenvalue weighted by Gasteiger charge is -2.10. The van der Waals surface area contributed by atoms with Gasteiger partial charge >= 0.3 is 0 Å². The third-order valence-electron chi connectivity index (χ3n) is 3.43. The number of methoxy groups -OCH3 is 1. The Morgan fingerprint density at radius 3 is 2.90 bits per heavy atom. The molecular weight excluding hydrogens is 252 g/mol. The lowest BCUT2D eigenvalue weighted by molar-refractivity contribution is 0.199. The van der Waals surface area contributed by atoms with Crippen LogP contribution in [-0.2, 0) is 31.3 Å². The summed E-state index contributed by atoms with van der Waals surface area (Å²) in [6.07, 6.45) is 3.09. The van der Waals surface area contributed by atoms with Crippen molar-refractivity contribution >= 4 is 0 Å². The van der Waals surface area contributed by atoms with E-state index in [0.29, 0.717) is 0 Å². The van der Waals surface area contributed by atoms with Crippen molar-refractivity contribution in [1.82, 2.24) is 19.7 Å². The number of rotatable bonds is 8. The molecule has 0 aliphatic carbocycles. The van der Waals surface area contributed by atoms with Gasteiger partial charge in [-0.3, -0.25) is 4.68 Å². The number of hydrogen-bond donors (Lipinski definition) is 1. The van der Waals surface area contributed by atoms with Crippen LogP contribution in [0.1, 0.15) is 24.0 Å². The van der Waals surface area contributed by atoms with Gasteiger partial charge in [-0.05, 0) is 24.6 Å². The third-order valence-corrected chi connectivity index (χ3v) is 3.43. The molecule has 110 valence electrons. The summed E-state index contributed by atoms with van der Waals surface area (Å²) in [7, 11) is 3.73. The van der Waals surface area contributed by atoms with Crippen molar-refractivity contribution in [3.05, 3.63) is 41.5 Å². The molecule has 0 spiro atoms. The van der Waals surface area contributed by atoms with Crippen LogP contribution in [0.3, 0.4) is 0 Å². The molecule has 0 unspecified atom stereocenters. The number of aryl methyl sites for hydroxylation is 2. The zero-order chi connectivity index (χ0) is 14.4. The van der Waals surface area contributed by atoms with Crippen LogP contribution in [0.4, 0.5) is 0 Å². The van der Waals surface area contributed by atoms with E-state index in [2.05, 4.69) is 46.3 Å². The van der Waals surface area contributed by atoms with E-state index >= 15 is 0 Å². The lowest BCUT2D eigenvalue weighted by Crippen LogP contribution is -2.20. The Kier molecular flexibility index (Phi) is 5.38. The summed E-state index contributed by atoms with van der Waals surface area (Å²) < 4.78 is 9.27. The molecule has 2 rings (SSSR count). The molecule has 2 aromatic heterocycles. The van der Waals surface area contributed by atoms with Crippen molar-refractivity contribution in [3.63, 3.8) is 0 Å². The average Bonchev–Trinajstić information content (AvgIpc) is 3.03. The Labute approximate surface area is 120 Å². The monoisotopic (exact) mass is 276 g/mol. The molecule has 1 N–H and O–H groups in total. The van der Waals surface area contributed by atoms with Gasteiger partial charge in [0, 0.05) is 39.1 Å². The lowest BCUT2D eigenvalue weighted by atomic mass is 10.3. The van der Waals surface area contributed by atoms with E-state index in [9.17, 15) is 0 Å². The van der Waals surface area contributed by atoms with E-state index in [0.717, 1.165) is 38.4 Å². The fourth-order valence-corrected chi connectivity index (χ4v) is 2.22. The predicted molar refractivity (Wildman–Crippen MR) is 79.7 cm³/mol. The largest absolute Gasteiger partial charge is 0.383 e. The Morgan fingerprint density at radius 1 is 1.35 bits per heavy atom. The second-order valence-electron chi connectivity index (χ2n) is 4.90. The maximum Gasteiger partial charge on any atom is 0.0642 e. The predicted octanol–water partition coefficient (Wildman–Crippen LogP) is 1.57. The van der Waals surface area contributed by atoms with Gasteiger partial charge in [0.25, 0.3) is 0 Å². The highest BCUT2D eigenvalue weighted by molar-refractivity contribution is 5.14. The molecule has 0 saturated carbocycles. The van der Waals surface area contributed by atoms with Crippen LogP contribution in [0.5, 0.6) is 0 Å². The number of nitrogens with zero attached hydrogens (tertiary/aromatic N) is 3. The zero-order valence-electron chi connectivity index (χ0n) is 12.6. The first-order chi connectivity index (χ1) is 9.74. The SMILES string of the molecule is CCc1cc(Cn2cccc2CNCCOC)n(C)n1. The topological polar surface area (TPSA) is 44.0 Å². The highest BCUT2D eigenvalue weighted by Gasteiger charge is 2.07. The molecule has 0 atom stereocenters. The molecule has 0 amide bonds. The van der Waals surface area contributed by atoms with Crippen molar-refractivity contribution in [1.29, 1.82) is 0 Å². The quantitative estimate of drug-likeness (QED) is 0.744. The molecule has 0 aliphatic heterocycles. The van der Waals surface area contributed by atoms with Crippen LogP contribution < -0.4 is 5.32 Å².